The first-order valence-corrected chi connectivity index (χ1v) is 25.9. The monoisotopic (exact) mass is 746 g/mol. The van der Waals surface area contributed by atoms with E-state index in [4.69, 9.17) is 0 Å². The summed E-state index contributed by atoms with van der Waals surface area (Å²) in [5, 5.41) is 11.4. The Kier molecular flexibility index (Phi) is 7.26. The van der Waals surface area contributed by atoms with Gasteiger partial charge in [-0.1, -0.05) is 202 Å². The van der Waals surface area contributed by atoms with E-state index in [1.165, 1.54) is 88.3 Å². The van der Waals surface area contributed by atoms with Crippen LogP contribution in [0.4, 0.5) is 0 Å². The predicted octanol–water partition coefficient (Wildman–Crippen LogP) is 12.3. The summed E-state index contributed by atoms with van der Waals surface area (Å²) in [6.45, 7) is 10.2. The molecule has 0 spiro atoms. The van der Waals surface area contributed by atoms with Gasteiger partial charge in [0, 0.05) is 0 Å². The molecule has 0 atom stereocenters. The van der Waals surface area contributed by atoms with Crippen molar-refractivity contribution in [1.29, 1.82) is 0 Å². The Hall–Kier alpha value is -6.07. The molecule has 0 unspecified atom stereocenters. The number of hydrogen-bond donors (Lipinski definition) is 0. The number of hydrogen-bond acceptors (Lipinski definition) is 0. The van der Waals surface area contributed by atoms with Crippen molar-refractivity contribution in [2.24, 2.45) is 0 Å². The second-order valence-corrected chi connectivity index (χ2v) is 25.3. The van der Waals surface area contributed by atoms with E-state index in [-0.39, 0.29) is 0 Å². The summed E-state index contributed by atoms with van der Waals surface area (Å²) >= 11 is 0. The van der Waals surface area contributed by atoms with Gasteiger partial charge in [-0.25, -0.2) is 0 Å². The lowest BCUT2D eigenvalue weighted by Crippen LogP contribution is -2.50. The van der Waals surface area contributed by atoms with Crippen molar-refractivity contribution < 1.29 is 0 Å². The summed E-state index contributed by atoms with van der Waals surface area (Å²) < 4.78 is 0. The molecule has 9 aromatic rings. The van der Waals surface area contributed by atoms with Crippen molar-refractivity contribution in [2.75, 3.05) is 0 Å². The molecule has 0 aliphatic carbocycles. The van der Waals surface area contributed by atoms with Gasteiger partial charge in [0.1, 0.15) is 16.1 Å². The molecule has 2 aliphatic heterocycles. The van der Waals surface area contributed by atoms with Gasteiger partial charge in [-0.3, -0.25) is 0 Å². The van der Waals surface area contributed by atoms with Crippen LogP contribution in [-0.4, -0.2) is 16.1 Å². The standard InChI is InChI=1S/C54H42Si2/c1-55(2)50-32-12-10-21-39(50)46-30-16-28-44(53(46)55)37-24-14-26-42-48(37)34-49-38(45-29-17-31-47-40-22-11-13-33-51(40)56(3,4)54(45)47)25-15-27-43(49)52(42)41-23-9-8-20-36(41)35-18-6-5-7-19-35/h5-34H,1-4H3. The Bertz CT molecular complexity index is 2910. The molecular weight excluding hydrogens is 705 g/mol. The zero-order valence-electron chi connectivity index (χ0n) is 32.3. The van der Waals surface area contributed by atoms with Crippen LogP contribution in [0.5, 0.6) is 0 Å². The second-order valence-electron chi connectivity index (χ2n) is 16.8. The first-order valence-electron chi connectivity index (χ1n) is 19.9. The molecule has 0 saturated heterocycles. The van der Waals surface area contributed by atoms with Crippen molar-refractivity contribution in [3.63, 3.8) is 0 Å². The molecular formula is C54H42Si2. The van der Waals surface area contributed by atoms with Gasteiger partial charge in [-0.15, -0.1) is 0 Å². The first-order chi connectivity index (χ1) is 27.3. The van der Waals surface area contributed by atoms with Crippen molar-refractivity contribution in [3.8, 4) is 66.8 Å². The molecule has 0 aromatic heterocycles. The van der Waals surface area contributed by atoms with Crippen LogP contribution in [0, 0.1) is 0 Å². The molecule has 0 nitrogen and oxygen atoms in total. The molecule has 0 fully saturated rings. The minimum atomic E-state index is -2.00. The van der Waals surface area contributed by atoms with E-state index in [0.29, 0.717) is 0 Å². The van der Waals surface area contributed by atoms with Gasteiger partial charge in [0.25, 0.3) is 0 Å². The normalized spacial score (nSPS) is 14.4. The van der Waals surface area contributed by atoms with Gasteiger partial charge in [0.2, 0.25) is 0 Å². The van der Waals surface area contributed by atoms with Crippen LogP contribution in [0.1, 0.15) is 0 Å². The van der Waals surface area contributed by atoms with E-state index >= 15 is 0 Å². The molecule has 0 bridgehead atoms. The Morgan fingerprint density at radius 2 is 0.625 bits per heavy atom. The minimum Gasteiger partial charge on any atom is -0.0623 e. The van der Waals surface area contributed by atoms with Gasteiger partial charge in [-0.05, 0) is 115 Å². The summed E-state index contributed by atoms with van der Waals surface area (Å²) in [6.07, 6.45) is 0. The third-order valence-corrected chi connectivity index (χ3v) is 20.2. The molecule has 0 radical (unpaired) electrons. The Morgan fingerprint density at radius 1 is 0.268 bits per heavy atom. The Morgan fingerprint density at radius 3 is 1.12 bits per heavy atom. The highest BCUT2D eigenvalue weighted by molar-refractivity contribution is 7.05. The number of rotatable bonds is 4. The van der Waals surface area contributed by atoms with Crippen LogP contribution in [-0.2, 0) is 0 Å². The average Bonchev–Trinajstić information content (AvgIpc) is 3.63. The largest absolute Gasteiger partial charge is 0.114 e. The van der Waals surface area contributed by atoms with Gasteiger partial charge < -0.3 is 0 Å². The third kappa shape index (κ3) is 4.63. The predicted molar refractivity (Wildman–Crippen MR) is 248 cm³/mol. The lowest BCUT2D eigenvalue weighted by atomic mass is 9.84. The van der Waals surface area contributed by atoms with Crippen molar-refractivity contribution in [3.05, 3.63) is 182 Å². The molecule has 0 amide bonds. The topological polar surface area (TPSA) is 0 Å². The fourth-order valence-electron chi connectivity index (χ4n) is 10.6. The number of fused-ring (bicyclic) bond motifs is 8. The summed E-state index contributed by atoms with van der Waals surface area (Å²) in [4.78, 5) is 0. The number of benzene rings is 9. The molecule has 11 rings (SSSR count). The molecule has 9 aromatic carbocycles. The average molecular weight is 747 g/mol. The van der Waals surface area contributed by atoms with E-state index < -0.39 is 16.1 Å². The van der Waals surface area contributed by atoms with Gasteiger partial charge in [0.05, 0.1) is 0 Å². The molecule has 2 heterocycles. The summed E-state index contributed by atoms with van der Waals surface area (Å²) in [5.74, 6) is 0. The third-order valence-electron chi connectivity index (χ3n) is 13.1. The molecule has 0 N–H and O–H groups in total. The van der Waals surface area contributed by atoms with Crippen molar-refractivity contribution in [2.45, 2.75) is 26.2 Å². The maximum atomic E-state index is 2.55. The van der Waals surface area contributed by atoms with Crippen LogP contribution >= 0.6 is 0 Å². The van der Waals surface area contributed by atoms with E-state index in [2.05, 4.69) is 208 Å². The lowest BCUT2D eigenvalue weighted by Gasteiger charge is -2.25. The zero-order valence-corrected chi connectivity index (χ0v) is 34.3. The zero-order chi connectivity index (χ0) is 37.8. The maximum Gasteiger partial charge on any atom is 0.114 e. The first kappa shape index (κ1) is 33.3. The molecule has 0 saturated carbocycles. The van der Waals surface area contributed by atoms with E-state index in [1.54, 1.807) is 20.7 Å². The summed E-state index contributed by atoms with van der Waals surface area (Å²) in [5.41, 5.74) is 16.1. The smallest absolute Gasteiger partial charge is 0.0623 e. The molecule has 56 heavy (non-hydrogen) atoms. The van der Waals surface area contributed by atoms with Crippen LogP contribution in [0.25, 0.3) is 88.3 Å². The highest BCUT2D eigenvalue weighted by Gasteiger charge is 2.41. The fraction of sp³-hybridized carbons (Fsp3) is 0.0741. The van der Waals surface area contributed by atoms with Gasteiger partial charge >= 0.3 is 0 Å². The fourth-order valence-corrected chi connectivity index (χ4v) is 17.6. The van der Waals surface area contributed by atoms with Gasteiger partial charge in [-0.2, -0.15) is 0 Å². The van der Waals surface area contributed by atoms with Gasteiger partial charge in [0.15, 0.2) is 0 Å². The molecule has 2 heteroatoms. The molecule has 266 valence electrons. The summed E-state index contributed by atoms with van der Waals surface area (Å²) in [6, 6.07) is 69.0. The minimum absolute atomic E-state index is 1.23. The molecule has 2 aliphatic rings. The van der Waals surface area contributed by atoms with Crippen LogP contribution in [0.15, 0.2) is 182 Å². The Labute approximate surface area is 331 Å². The maximum absolute atomic E-state index is 2.55. The van der Waals surface area contributed by atoms with E-state index in [0.717, 1.165) is 0 Å². The Balaban J connectivity index is 1.27. The van der Waals surface area contributed by atoms with Crippen LogP contribution in [0.2, 0.25) is 26.2 Å². The SMILES string of the molecule is C[Si]1(C)c2ccccc2-c2cccc(-c3cccc4c(-c5ccccc5-c5ccccc5)c5cccc(-c6cccc7c6[Si](C)(C)c6ccccc6-7)c5cc34)c21. The van der Waals surface area contributed by atoms with Crippen molar-refractivity contribution >= 4 is 58.4 Å². The van der Waals surface area contributed by atoms with Crippen LogP contribution in [0.3, 0.4) is 0 Å². The van der Waals surface area contributed by atoms with Crippen molar-refractivity contribution in [1.82, 2.24) is 0 Å². The highest BCUT2D eigenvalue weighted by Crippen LogP contribution is 2.47. The van der Waals surface area contributed by atoms with E-state index in [9.17, 15) is 0 Å². The summed E-state index contributed by atoms with van der Waals surface area (Å²) in [7, 11) is -4.00. The highest BCUT2D eigenvalue weighted by atomic mass is 28.3. The second kappa shape index (κ2) is 12.2. The quantitative estimate of drug-likeness (QED) is 0.124. The van der Waals surface area contributed by atoms with E-state index in [1.807, 2.05) is 0 Å². The van der Waals surface area contributed by atoms with Crippen LogP contribution < -0.4 is 20.7 Å². The lowest BCUT2D eigenvalue weighted by molar-refractivity contribution is 1.60.